The number of hydrogen-bond donors (Lipinski definition) is 0. The van der Waals surface area contributed by atoms with Crippen molar-refractivity contribution in [1.82, 2.24) is 14.4 Å². The van der Waals surface area contributed by atoms with Crippen LogP contribution in [0.1, 0.15) is 49.9 Å². The van der Waals surface area contributed by atoms with Gasteiger partial charge in [-0.05, 0) is 80.9 Å². The van der Waals surface area contributed by atoms with E-state index in [1.54, 1.807) is 0 Å². The Morgan fingerprint density at radius 2 is 1.17 bits per heavy atom. The summed E-state index contributed by atoms with van der Waals surface area (Å²) in [5.41, 5.74) is 16.1. The highest BCUT2D eigenvalue weighted by molar-refractivity contribution is 6.10. The summed E-state index contributed by atoms with van der Waals surface area (Å²) in [5.74, 6) is 0. The van der Waals surface area contributed by atoms with E-state index in [0.717, 1.165) is 22.6 Å². The lowest BCUT2D eigenvalue weighted by Gasteiger charge is -2.28. The maximum Gasteiger partial charge on any atom is 0.137 e. The maximum absolute atomic E-state index is 4.79. The van der Waals surface area contributed by atoms with Crippen LogP contribution in [-0.2, 0) is 10.8 Å². The zero-order chi connectivity index (χ0) is 27.9. The van der Waals surface area contributed by atoms with Crippen molar-refractivity contribution in [3.63, 3.8) is 0 Å². The van der Waals surface area contributed by atoms with Crippen LogP contribution in [0, 0.1) is 0 Å². The molecular weight excluding hydrogens is 498 g/mol. The standard InChI is InChI=1S/C38H31N3/c1-37(2)30-21-26(24-11-13-25(14-12-24)33-23-41-20-8-6-10-34(41)40-33)15-17-28(30)35-36(37)29-18-16-27(22-31(29)38(35,3)4)32-9-5-7-19-39-32/h5-23H,1-4H3. The summed E-state index contributed by atoms with van der Waals surface area (Å²) in [6.07, 6.45) is 6.00. The average molecular weight is 530 g/mol. The van der Waals surface area contributed by atoms with Gasteiger partial charge < -0.3 is 4.40 Å². The average Bonchev–Trinajstić information content (AvgIpc) is 3.61. The first-order valence-electron chi connectivity index (χ1n) is 14.3. The molecule has 0 bridgehead atoms. The zero-order valence-corrected chi connectivity index (χ0v) is 23.8. The van der Waals surface area contributed by atoms with Gasteiger partial charge in [-0.1, -0.05) is 88.4 Å². The predicted molar refractivity (Wildman–Crippen MR) is 169 cm³/mol. The fraction of sp³-hybridized carbons (Fsp3) is 0.158. The Balaban J connectivity index is 1.16. The van der Waals surface area contributed by atoms with E-state index in [1.165, 1.54) is 50.1 Å². The summed E-state index contributed by atoms with van der Waals surface area (Å²) >= 11 is 0. The van der Waals surface area contributed by atoms with Crippen LogP contribution in [0.2, 0.25) is 0 Å². The molecule has 198 valence electrons. The third kappa shape index (κ3) is 3.45. The molecule has 3 heteroatoms. The molecule has 41 heavy (non-hydrogen) atoms. The van der Waals surface area contributed by atoms with Crippen molar-refractivity contribution >= 4 is 16.8 Å². The Morgan fingerprint density at radius 1 is 0.561 bits per heavy atom. The number of allylic oxidation sites excluding steroid dienone is 2. The molecule has 3 heterocycles. The summed E-state index contributed by atoms with van der Waals surface area (Å²) in [6.45, 7) is 9.55. The van der Waals surface area contributed by atoms with Gasteiger partial charge in [0.1, 0.15) is 5.65 Å². The highest BCUT2D eigenvalue weighted by atomic mass is 15.0. The smallest absolute Gasteiger partial charge is 0.137 e. The van der Waals surface area contributed by atoms with Crippen molar-refractivity contribution < 1.29 is 0 Å². The van der Waals surface area contributed by atoms with E-state index in [0.29, 0.717) is 0 Å². The van der Waals surface area contributed by atoms with Gasteiger partial charge in [-0.3, -0.25) is 4.98 Å². The number of hydrogen-bond acceptors (Lipinski definition) is 2. The van der Waals surface area contributed by atoms with E-state index in [1.807, 2.05) is 36.7 Å². The molecule has 0 spiro atoms. The van der Waals surface area contributed by atoms with Crippen LogP contribution in [0.15, 0.2) is 116 Å². The van der Waals surface area contributed by atoms with Crippen LogP contribution in [-0.4, -0.2) is 14.4 Å². The van der Waals surface area contributed by atoms with Crippen molar-refractivity contribution in [2.45, 2.75) is 38.5 Å². The van der Waals surface area contributed by atoms with Crippen LogP contribution < -0.4 is 0 Å². The fourth-order valence-electron chi connectivity index (χ4n) is 7.18. The summed E-state index contributed by atoms with van der Waals surface area (Å²) in [4.78, 5) is 9.40. The fourth-order valence-corrected chi connectivity index (χ4v) is 7.18. The zero-order valence-electron chi connectivity index (χ0n) is 23.8. The topological polar surface area (TPSA) is 30.2 Å². The SMILES string of the molecule is CC1(C)C2=C(c3ccc(-c4ccc(-c5cn6ccccc6n5)cc4)cc31)C(C)(C)c1cc(-c3ccccn3)ccc12. The normalized spacial score (nSPS) is 16.1. The molecule has 0 atom stereocenters. The molecule has 0 fully saturated rings. The van der Waals surface area contributed by atoms with Gasteiger partial charge in [-0.15, -0.1) is 0 Å². The Kier molecular flexibility index (Phi) is 4.92. The summed E-state index contributed by atoms with van der Waals surface area (Å²) in [7, 11) is 0. The number of fused-ring (bicyclic) bond motifs is 5. The van der Waals surface area contributed by atoms with Crippen molar-refractivity contribution in [1.29, 1.82) is 0 Å². The van der Waals surface area contributed by atoms with Gasteiger partial charge in [-0.25, -0.2) is 4.98 Å². The number of nitrogens with zero attached hydrogens (tertiary/aromatic N) is 3. The molecular formula is C38H31N3. The molecule has 0 unspecified atom stereocenters. The minimum atomic E-state index is -0.0911. The third-order valence-electron chi connectivity index (χ3n) is 9.26. The molecule has 2 aliphatic carbocycles. The molecule has 8 rings (SSSR count). The van der Waals surface area contributed by atoms with Crippen LogP contribution in [0.25, 0.3) is 50.4 Å². The minimum absolute atomic E-state index is 0.0881. The molecule has 3 aromatic carbocycles. The monoisotopic (exact) mass is 529 g/mol. The number of pyridine rings is 2. The molecule has 0 amide bonds. The Morgan fingerprint density at radius 3 is 1.83 bits per heavy atom. The van der Waals surface area contributed by atoms with Gasteiger partial charge in [0.2, 0.25) is 0 Å². The van der Waals surface area contributed by atoms with Gasteiger partial charge in [0, 0.05) is 40.5 Å². The predicted octanol–water partition coefficient (Wildman–Crippen LogP) is 9.22. The Bertz CT molecular complexity index is 1990. The largest absolute Gasteiger partial charge is 0.306 e. The highest BCUT2D eigenvalue weighted by Crippen LogP contribution is 2.63. The molecule has 0 saturated heterocycles. The van der Waals surface area contributed by atoms with Crippen molar-refractivity contribution in [3.05, 3.63) is 138 Å². The van der Waals surface area contributed by atoms with Crippen LogP contribution in [0.5, 0.6) is 0 Å². The van der Waals surface area contributed by atoms with E-state index >= 15 is 0 Å². The number of rotatable bonds is 3. The number of aromatic nitrogens is 3. The van der Waals surface area contributed by atoms with E-state index in [-0.39, 0.29) is 10.8 Å². The van der Waals surface area contributed by atoms with Crippen LogP contribution in [0.4, 0.5) is 0 Å². The first-order valence-corrected chi connectivity index (χ1v) is 14.3. The number of imidazole rings is 1. The summed E-state index contributed by atoms with van der Waals surface area (Å²) in [5, 5.41) is 0. The van der Waals surface area contributed by atoms with Crippen molar-refractivity contribution in [2.24, 2.45) is 0 Å². The number of benzene rings is 3. The second-order valence-corrected chi connectivity index (χ2v) is 12.4. The van der Waals surface area contributed by atoms with E-state index in [2.05, 4.69) is 116 Å². The second-order valence-electron chi connectivity index (χ2n) is 12.4. The minimum Gasteiger partial charge on any atom is -0.306 e. The van der Waals surface area contributed by atoms with Gasteiger partial charge in [-0.2, -0.15) is 0 Å². The van der Waals surface area contributed by atoms with Crippen molar-refractivity contribution in [2.75, 3.05) is 0 Å². The molecule has 6 aromatic rings. The molecule has 0 saturated carbocycles. The highest BCUT2D eigenvalue weighted by Gasteiger charge is 2.49. The molecule has 3 aromatic heterocycles. The molecule has 0 aliphatic heterocycles. The Hall–Kier alpha value is -4.76. The quantitative estimate of drug-likeness (QED) is 0.229. The van der Waals surface area contributed by atoms with E-state index in [4.69, 9.17) is 4.98 Å². The molecule has 0 radical (unpaired) electrons. The van der Waals surface area contributed by atoms with E-state index < -0.39 is 0 Å². The molecule has 3 nitrogen and oxygen atoms in total. The van der Waals surface area contributed by atoms with Gasteiger partial charge >= 0.3 is 0 Å². The van der Waals surface area contributed by atoms with Crippen LogP contribution >= 0.6 is 0 Å². The first kappa shape index (κ1) is 24.1. The summed E-state index contributed by atoms with van der Waals surface area (Å²) in [6, 6.07) is 35.0. The molecule has 0 N–H and O–H groups in total. The summed E-state index contributed by atoms with van der Waals surface area (Å²) < 4.78 is 2.07. The van der Waals surface area contributed by atoms with E-state index in [9.17, 15) is 0 Å². The van der Waals surface area contributed by atoms with Gasteiger partial charge in [0.25, 0.3) is 0 Å². The van der Waals surface area contributed by atoms with Gasteiger partial charge in [0.15, 0.2) is 0 Å². The third-order valence-corrected chi connectivity index (χ3v) is 9.26. The van der Waals surface area contributed by atoms with Gasteiger partial charge in [0.05, 0.1) is 11.4 Å². The molecule has 2 aliphatic rings. The second kappa shape index (κ2) is 8.37. The maximum atomic E-state index is 4.79. The lowest BCUT2D eigenvalue weighted by molar-refractivity contribution is 0.694. The van der Waals surface area contributed by atoms with Crippen LogP contribution in [0.3, 0.4) is 0 Å². The Labute approximate surface area is 240 Å². The van der Waals surface area contributed by atoms with Crippen molar-refractivity contribution in [3.8, 4) is 33.6 Å². The first-order chi connectivity index (χ1) is 19.8. The lowest BCUT2D eigenvalue weighted by Crippen LogP contribution is -2.19. The lowest BCUT2D eigenvalue weighted by atomic mass is 9.75.